The molecule has 0 radical (unpaired) electrons. The highest BCUT2D eigenvalue weighted by Gasteiger charge is 2.28. The van der Waals surface area contributed by atoms with Gasteiger partial charge in [-0.3, -0.25) is 0 Å². The minimum absolute atomic E-state index is 0.361. The molecule has 0 atom stereocenters. The number of rotatable bonds is 5. The highest BCUT2D eigenvalue weighted by Crippen LogP contribution is 2.25. The summed E-state index contributed by atoms with van der Waals surface area (Å²) in [4.78, 5) is 6.79. The summed E-state index contributed by atoms with van der Waals surface area (Å²) in [5.74, 6) is 1.48. The van der Waals surface area contributed by atoms with E-state index in [0.29, 0.717) is 48.7 Å². The molecule has 8 heteroatoms. The predicted molar refractivity (Wildman–Crippen MR) is 116 cm³/mol. The van der Waals surface area contributed by atoms with Gasteiger partial charge in [0.25, 0.3) is 0 Å². The largest absolute Gasteiger partial charge is 0.369 e. The summed E-state index contributed by atoms with van der Waals surface area (Å²) in [7, 11) is -3.47. The minimum Gasteiger partial charge on any atom is -0.369 e. The Hall–Kier alpha value is -2.71. The van der Waals surface area contributed by atoms with Crippen LogP contribution in [0.3, 0.4) is 0 Å². The Morgan fingerprint density at radius 1 is 0.933 bits per heavy atom. The van der Waals surface area contributed by atoms with Crippen LogP contribution < -0.4 is 4.90 Å². The molecule has 0 bridgehead atoms. The molecular formula is C22H26N4O3S. The molecule has 1 aliphatic heterocycles. The van der Waals surface area contributed by atoms with Crippen molar-refractivity contribution < 1.29 is 12.9 Å². The Bertz CT molecular complexity index is 1100. The van der Waals surface area contributed by atoms with Crippen LogP contribution in [0.25, 0.3) is 11.4 Å². The zero-order valence-corrected chi connectivity index (χ0v) is 18.3. The van der Waals surface area contributed by atoms with E-state index in [9.17, 15) is 8.42 Å². The second-order valence-corrected chi connectivity index (χ2v) is 9.74. The van der Waals surface area contributed by atoms with Crippen molar-refractivity contribution in [3.8, 4) is 11.4 Å². The average molecular weight is 427 g/mol. The molecule has 1 fully saturated rings. The van der Waals surface area contributed by atoms with Crippen molar-refractivity contribution in [2.75, 3.05) is 31.1 Å². The maximum absolute atomic E-state index is 13.0. The monoisotopic (exact) mass is 426 g/mol. The number of anilines is 1. The molecule has 2 heterocycles. The van der Waals surface area contributed by atoms with Crippen molar-refractivity contribution in [2.24, 2.45) is 0 Å². The predicted octanol–water partition coefficient (Wildman–Crippen LogP) is 3.68. The van der Waals surface area contributed by atoms with Crippen LogP contribution >= 0.6 is 0 Å². The Labute approximate surface area is 177 Å². The van der Waals surface area contributed by atoms with E-state index >= 15 is 0 Å². The number of sulfonamides is 1. The molecule has 0 spiro atoms. The first-order valence-corrected chi connectivity index (χ1v) is 11.5. The maximum atomic E-state index is 13.0. The van der Waals surface area contributed by atoms with Gasteiger partial charge in [-0.25, -0.2) is 8.42 Å². The second kappa shape index (κ2) is 8.20. The third-order valence-corrected chi connectivity index (χ3v) is 7.35. The van der Waals surface area contributed by atoms with Gasteiger partial charge in [0.05, 0.1) is 4.90 Å². The quantitative estimate of drug-likeness (QED) is 0.619. The molecular weight excluding hydrogens is 400 g/mol. The standard InChI is InChI=1S/C22H26N4O3S/c1-16(2)18-6-10-21(11-7-18)30(27,28)26-14-12-25(13-15-26)20-8-4-19(5-9-20)22-23-17(3)29-24-22/h4-11,16H,12-15H2,1-3H3. The van der Waals surface area contributed by atoms with E-state index in [4.69, 9.17) is 4.52 Å². The number of hydrogen-bond acceptors (Lipinski definition) is 6. The number of benzene rings is 2. The summed E-state index contributed by atoms with van der Waals surface area (Å²) in [5.41, 5.74) is 3.08. The summed E-state index contributed by atoms with van der Waals surface area (Å²) >= 11 is 0. The van der Waals surface area contributed by atoms with Gasteiger partial charge in [-0.05, 0) is 47.9 Å². The van der Waals surface area contributed by atoms with Crippen LogP contribution in [0.1, 0.15) is 31.2 Å². The lowest BCUT2D eigenvalue weighted by molar-refractivity contribution is 0.385. The molecule has 0 amide bonds. The third kappa shape index (κ3) is 4.11. The summed E-state index contributed by atoms with van der Waals surface area (Å²) in [5, 5.41) is 3.94. The number of aromatic nitrogens is 2. The first-order chi connectivity index (χ1) is 14.3. The molecule has 0 saturated carbocycles. The van der Waals surface area contributed by atoms with Crippen LogP contribution in [-0.2, 0) is 10.0 Å². The average Bonchev–Trinajstić information content (AvgIpc) is 3.20. The fourth-order valence-electron chi connectivity index (χ4n) is 3.60. The van der Waals surface area contributed by atoms with Crippen LogP contribution in [0.15, 0.2) is 57.9 Å². The Morgan fingerprint density at radius 2 is 1.57 bits per heavy atom. The lowest BCUT2D eigenvalue weighted by atomic mass is 10.0. The van der Waals surface area contributed by atoms with Gasteiger partial charge in [-0.1, -0.05) is 31.1 Å². The Kier molecular flexibility index (Phi) is 5.62. The van der Waals surface area contributed by atoms with E-state index in [1.165, 1.54) is 0 Å². The van der Waals surface area contributed by atoms with E-state index in [1.807, 2.05) is 36.4 Å². The highest BCUT2D eigenvalue weighted by atomic mass is 32.2. The summed E-state index contributed by atoms with van der Waals surface area (Å²) in [6, 6.07) is 15.2. The first-order valence-electron chi connectivity index (χ1n) is 10.1. The molecule has 30 heavy (non-hydrogen) atoms. The van der Waals surface area contributed by atoms with Gasteiger partial charge in [0.15, 0.2) is 0 Å². The fourth-order valence-corrected chi connectivity index (χ4v) is 5.02. The highest BCUT2D eigenvalue weighted by molar-refractivity contribution is 7.89. The SMILES string of the molecule is Cc1nc(-c2ccc(N3CCN(S(=O)(=O)c4ccc(C(C)C)cc4)CC3)cc2)no1. The molecule has 1 saturated heterocycles. The van der Waals surface area contributed by atoms with Gasteiger partial charge >= 0.3 is 0 Å². The van der Waals surface area contributed by atoms with Crippen molar-refractivity contribution in [2.45, 2.75) is 31.6 Å². The van der Waals surface area contributed by atoms with E-state index in [-0.39, 0.29) is 0 Å². The van der Waals surface area contributed by atoms with Gasteiger partial charge in [-0.2, -0.15) is 9.29 Å². The lowest BCUT2D eigenvalue weighted by Crippen LogP contribution is -2.48. The van der Waals surface area contributed by atoms with Gasteiger partial charge in [0.2, 0.25) is 21.7 Å². The van der Waals surface area contributed by atoms with Gasteiger partial charge in [0, 0.05) is 44.4 Å². The van der Waals surface area contributed by atoms with Crippen LogP contribution in [-0.4, -0.2) is 49.0 Å². The number of aryl methyl sites for hydroxylation is 1. The van der Waals surface area contributed by atoms with Gasteiger partial charge in [0.1, 0.15) is 0 Å². The molecule has 0 N–H and O–H groups in total. The topological polar surface area (TPSA) is 79.5 Å². The van der Waals surface area contributed by atoms with Crippen LogP contribution in [0, 0.1) is 6.92 Å². The van der Waals surface area contributed by atoms with E-state index < -0.39 is 10.0 Å². The molecule has 3 aromatic rings. The second-order valence-electron chi connectivity index (χ2n) is 7.80. The van der Waals surface area contributed by atoms with Crippen LogP contribution in [0.5, 0.6) is 0 Å². The molecule has 7 nitrogen and oxygen atoms in total. The van der Waals surface area contributed by atoms with Gasteiger partial charge < -0.3 is 9.42 Å². The van der Waals surface area contributed by atoms with Crippen LogP contribution in [0.2, 0.25) is 0 Å². The number of piperazine rings is 1. The molecule has 158 valence electrons. The van der Waals surface area contributed by atoms with Crippen molar-refractivity contribution >= 4 is 15.7 Å². The summed E-state index contributed by atoms with van der Waals surface area (Å²) in [6.45, 7) is 8.15. The molecule has 1 aliphatic rings. The first kappa shape index (κ1) is 20.6. The summed E-state index contributed by atoms with van der Waals surface area (Å²) < 4.78 is 32.6. The van der Waals surface area contributed by atoms with E-state index in [0.717, 1.165) is 16.8 Å². The van der Waals surface area contributed by atoms with E-state index in [2.05, 4.69) is 28.9 Å². The maximum Gasteiger partial charge on any atom is 0.243 e. The smallest absolute Gasteiger partial charge is 0.243 e. The molecule has 2 aromatic carbocycles. The molecule has 1 aromatic heterocycles. The van der Waals surface area contributed by atoms with Crippen molar-refractivity contribution in [3.05, 3.63) is 60.0 Å². The third-order valence-electron chi connectivity index (χ3n) is 5.44. The minimum atomic E-state index is -3.47. The van der Waals surface area contributed by atoms with Crippen molar-refractivity contribution in [1.29, 1.82) is 0 Å². The summed E-state index contributed by atoms with van der Waals surface area (Å²) in [6.07, 6.45) is 0. The molecule has 0 aliphatic carbocycles. The van der Waals surface area contributed by atoms with E-state index in [1.54, 1.807) is 23.4 Å². The Morgan fingerprint density at radius 3 is 2.10 bits per heavy atom. The number of hydrogen-bond donors (Lipinski definition) is 0. The zero-order valence-electron chi connectivity index (χ0n) is 17.4. The number of nitrogens with zero attached hydrogens (tertiary/aromatic N) is 4. The fraction of sp³-hybridized carbons (Fsp3) is 0.364. The normalized spacial score (nSPS) is 15.7. The van der Waals surface area contributed by atoms with Crippen molar-refractivity contribution in [3.63, 3.8) is 0 Å². The Balaban J connectivity index is 1.41. The zero-order chi connectivity index (χ0) is 21.3. The van der Waals surface area contributed by atoms with Crippen molar-refractivity contribution in [1.82, 2.24) is 14.4 Å². The molecule has 0 unspecified atom stereocenters. The van der Waals surface area contributed by atoms with Gasteiger partial charge in [-0.15, -0.1) is 0 Å². The lowest BCUT2D eigenvalue weighted by Gasteiger charge is -2.35. The molecule has 4 rings (SSSR count). The van der Waals surface area contributed by atoms with Crippen LogP contribution in [0.4, 0.5) is 5.69 Å².